The normalized spacial score (nSPS) is 22.6. The van der Waals surface area contributed by atoms with Crippen LogP contribution in [0.1, 0.15) is 55.0 Å². The maximum absolute atomic E-state index is 6.21. The van der Waals surface area contributed by atoms with E-state index in [9.17, 15) is 0 Å². The summed E-state index contributed by atoms with van der Waals surface area (Å²) in [7, 11) is 0. The Hall–Kier alpha value is -1.96. The fourth-order valence-electron chi connectivity index (χ4n) is 4.34. The van der Waals surface area contributed by atoms with Gasteiger partial charge in [-0.05, 0) is 65.6 Å². The number of nitrogen functional groups attached to an aromatic ring is 2. The molecule has 22 heavy (non-hydrogen) atoms. The van der Waals surface area contributed by atoms with Crippen LogP contribution in [0.5, 0.6) is 0 Å². The number of benzene rings is 2. The van der Waals surface area contributed by atoms with Gasteiger partial charge < -0.3 is 11.5 Å². The molecule has 116 valence electrons. The monoisotopic (exact) mass is 294 g/mol. The van der Waals surface area contributed by atoms with Crippen LogP contribution in [0.2, 0.25) is 0 Å². The van der Waals surface area contributed by atoms with E-state index < -0.39 is 0 Å². The lowest BCUT2D eigenvalue weighted by molar-refractivity contribution is 0.424. The molecule has 0 heterocycles. The first-order valence-corrected chi connectivity index (χ1v) is 7.93. The van der Waals surface area contributed by atoms with Gasteiger partial charge in [-0.2, -0.15) is 0 Å². The molecule has 2 aromatic rings. The molecule has 1 atom stereocenters. The van der Waals surface area contributed by atoms with Crippen LogP contribution in [0.4, 0.5) is 11.4 Å². The van der Waals surface area contributed by atoms with Crippen LogP contribution < -0.4 is 11.5 Å². The third-order valence-corrected chi connectivity index (χ3v) is 5.49. The molecule has 0 bridgehead atoms. The molecular formula is C20H26N2. The molecule has 2 heteroatoms. The Balaban J connectivity index is 2.29. The van der Waals surface area contributed by atoms with Crippen LogP contribution in [0.3, 0.4) is 0 Å². The summed E-state index contributed by atoms with van der Waals surface area (Å²) in [4.78, 5) is 0. The molecule has 0 fully saturated rings. The number of aryl methyl sites for hydroxylation is 1. The zero-order valence-electron chi connectivity index (χ0n) is 14.2. The average Bonchev–Trinajstić information content (AvgIpc) is 2.65. The minimum Gasteiger partial charge on any atom is -0.399 e. The highest BCUT2D eigenvalue weighted by molar-refractivity contribution is 5.63. The van der Waals surface area contributed by atoms with Gasteiger partial charge in [0.2, 0.25) is 0 Å². The van der Waals surface area contributed by atoms with E-state index in [2.05, 4.69) is 58.9 Å². The second kappa shape index (κ2) is 4.52. The van der Waals surface area contributed by atoms with Crippen molar-refractivity contribution in [2.45, 2.75) is 51.9 Å². The van der Waals surface area contributed by atoms with Gasteiger partial charge in [0.25, 0.3) is 0 Å². The van der Waals surface area contributed by atoms with Gasteiger partial charge in [-0.25, -0.2) is 0 Å². The summed E-state index contributed by atoms with van der Waals surface area (Å²) < 4.78 is 0. The Morgan fingerprint density at radius 2 is 1.55 bits per heavy atom. The molecule has 0 saturated heterocycles. The molecule has 1 aliphatic carbocycles. The van der Waals surface area contributed by atoms with Crippen LogP contribution in [-0.2, 0) is 10.8 Å². The summed E-state index contributed by atoms with van der Waals surface area (Å²) >= 11 is 0. The first-order chi connectivity index (χ1) is 10.2. The van der Waals surface area contributed by atoms with Crippen LogP contribution >= 0.6 is 0 Å². The van der Waals surface area contributed by atoms with E-state index in [1.165, 1.54) is 22.3 Å². The molecule has 0 aliphatic heterocycles. The van der Waals surface area contributed by atoms with Crippen molar-refractivity contribution in [3.63, 3.8) is 0 Å². The largest absolute Gasteiger partial charge is 0.399 e. The van der Waals surface area contributed by atoms with Crippen molar-refractivity contribution in [2.24, 2.45) is 0 Å². The number of anilines is 2. The number of hydrogen-bond donors (Lipinski definition) is 2. The van der Waals surface area contributed by atoms with Gasteiger partial charge in [-0.1, -0.05) is 39.0 Å². The second-order valence-corrected chi connectivity index (χ2v) is 7.67. The SMILES string of the molecule is Cc1cc(C2(C)CC(C)(C)c3ccc(N)c(C)c32)ccc1N. The van der Waals surface area contributed by atoms with E-state index >= 15 is 0 Å². The molecule has 2 nitrogen and oxygen atoms in total. The predicted molar refractivity (Wildman–Crippen MR) is 95.3 cm³/mol. The number of fused-ring (bicyclic) bond motifs is 1. The van der Waals surface area contributed by atoms with Gasteiger partial charge in [0.15, 0.2) is 0 Å². The molecule has 0 spiro atoms. The van der Waals surface area contributed by atoms with Gasteiger partial charge in [-0.3, -0.25) is 0 Å². The van der Waals surface area contributed by atoms with E-state index in [1.807, 2.05) is 6.07 Å². The first kappa shape index (κ1) is 15.0. The molecule has 3 rings (SSSR count). The molecular weight excluding hydrogens is 268 g/mol. The van der Waals surface area contributed by atoms with Crippen molar-refractivity contribution in [2.75, 3.05) is 11.5 Å². The lowest BCUT2D eigenvalue weighted by Crippen LogP contribution is -2.24. The van der Waals surface area contributed by atoms with Crippen LogP contribution in [-0.4, -0.2) is 0 Å². The van der Waals surface area contributed by atoms with E-state index in [0.29, 0.717) is 0 Å². The topological polar surface area (TPSA) is 52.0 Å². The highest BCUT2D eigenvalue weighted by Gasteiger charge is 2.46. The zero-order chi connectivity index (χ0) is 16.3. The summed E-state index contributed by atoms with van der Waals surface area (Å²) in [5, 5.41) is 0. The summed E-state index contributed by atoms with van der Waals surface area (Å²) in [6, 6.07) is 10.7. The van der Waals surface area contributed by atoms with Crippen molar-refractivity contribution in [1.82, 2.24) is 0 Å². The third-order valence-electron chi connectivity index (χ3n) is 5.49. The fourth-order valence-corrected chi connectivity index (χ4v) is 4.34. The highest BCUT2D eigenvalue weighted by Crippen LogP contribution is 2.54. The maximum atomic E-state index is 6.21. The summed E-state index contributed by atoms with van der Waals surface area (Å²) in [6.45, 7) is 11.2. The molecule has 1 unspecified atom stereocenters. The predicted octanol–water partition coefficient (Wildman–Crippen LogP) is 4.46. The quantitative estimate of drug-likeness (QED) is 0.763. The average molecular weight is 294 g/mol. The lowest BCUT2D eigenvalue weighted by Gasteiger charge is -2.30. The Kier molecular flexibility index (Phi) is 3.07. The Morgan fingerprint density at radius 3 is 2.18 bits per heavy atom. The van der Waals surface area contributed by atoms with Crippen molar-refractivity contribution < 1.29 is 0 Å². The summed E-state index contributed by atoms with van der Waals surface area (Å²) in [6.07, 6.45) is 1.09. The van der Waals surface area contributed by atoms with Gasteiger partial charge in [-0.15, -0.1) is 0 Å². The van der Waals surface area contributed by atoms with E-state index in [1.54, 1.807) is 0 Å². The van der Waals surface area contributed by atoms with Gasteiger partial charge >= 0.3 is 0 Å². The molecule has 2 aromatic carbocycles. The van der Waals surface area contributed by atoms with E-state index in [0.717, 1.165) is 23.4 Å². The molecule has 0 amide bonds. The Bertz CT molecular complexity index is 759. The molecule has 0 saturated carbocycles. The smallest absolute Gasteiger partial charge is 0.0347 e. The summed E-state index contributed by atoms with van der Waals surface area (Å²) in [5.41, 5.74) is 20.6. The van der Waals surface area contributed by atoms with Crippen LogP contribution in [0.15, 0.2) is 30.3 Å². The summed E-state index contributed by atoms with van der Waals surface area (Å²) in [5.74, 6) is 0. The second-order valence-electron chi connectivity index (χ2n) is 7.67. The van der Waals surface area contributed by atoms with Crippen molar-refractivity contribution >= 4 is 11.4 Å². The van der Waals surface area contributed by atoms with E-state index in [-0.39, 0.29) is 10.8 Å². The molecule has 0 radical (unpaired) electrons. The third kappa shape index (κ3) is 1.93. The molecule has 4 N–H and O–H groups in total. The molecule has 1 aliphatic rings. The molecule has 0 aromatic heterocycles. The number of hydrogen-bond acceptors (Lipinski definition) is 2. The van der Waals surface area contributed by atoms with Crippen molar-refractivity contribution in [1.29, 1.82) is 0 Å². The van der Waals surface area contributed by atoms with Crippen molar-refractivity contribution in [3.05, 3.63) is 58.1 Å². The Morgan fingerprint density at radius 1 is 0.909 bits per heavy atom. The standard InChI is InChI=1S/C20H26N2/c1-12-10-14(6-8-16(12)21)20(5)11-19(3,4)15-7-9-17(22)13(2)18(15)20/h6-10H,11,21-22H2,1-5H3. The highest BCUT2D eigenvalue weighted by atomic mass is 14.6. The maximum Gasteiger partial charge on any atom is 0.0347 e. The number of nitrogens with two attached hydrogens (primary N) is 2. The lowest BCUT2D eigenvalue weighted by atomic mass is 9.73. The first-order valence-electron chi connectivity index (χ1n) is 7.93. The Labute approximate surface area is 133 Å². The van der Waals surface area contributed by atoms with Crippen LogP contribution in [0, 0.1) is 13.8 Å². The minimum absolute atomic E-state index is 0.0171. The van der Waals surface area contributed by atoms with Gasteiger partial charge in [0, 0.05) is 16.8 Å². The number of rotatable bonds is 1. The van der Waals surface area contributed by atoms with Crippen molar-refractivity contribution in [3.8, 4) is 0 Å². The van der Waals surface area contributed by atoms with E-state index in [4.69, 9.17) is 11.5 Å². The van der Waals surface area contributed by atoms with Gasteiger partial charge in [0.1, 0.15) is 0 Å². The zero-order valence-corrected chi connectivity index (χ0v) is 14.2. The fraction of sp³-hybridized carbons (Fsp3) is 0.400. The minimum atomic E-state index is -0.0171. The van der Waals surface area contributed by atoms with Gasteiger partial charge in [0.05, 0.1) is 0 Å². The van der Waals surface area contributed by atoms with Crippen LogP contribution in [0.25, 0.3) is 0 Å².